The first-order chi connectivity index (χ1) is 9.69. The van der Waals surface area contributed by atoms with Crippen molar-refractivity contribution in [1.82, 2.24) is 9.97 Å². The van der Waals surface area contributed by atoms with E-state index in [9.17, 15) is 0 Å². The number of anilines is 2. The minimum absolute atomic E-state index is 0.639. The van der Waals surface area contributed by atoms with Crippen LogP contribution in [0.4, 0.5) is 11.4 Å². The second kappa shape index (κ2) is 6.75. The van der Waals surface area contributed by atoms with Gasteiger partial charge < -0.3 is 15.8 Å². The number of nitrogens with one attached hydrogen (secondary N) is 1. The normalized spacial score (nSPS) is 10.3. The third kappa shape index (κ3) is 3.85. The highest BCUT2D eigenvalue weighted by Crippen LogP contribution is 2.25. The minimum atomic E-state index is 0.639. The lowest BCUT2D eigenvalue weighted by molar-refractivity contribution is 0.319. The Hall–Kier alpha value is -2.30. The third-order valence-electron chi connectivity index (χ3n) is 2.78. The Labute approximate surface area is 119 Å². The topological polar surface area (TPSA) is 73.1 Å². The molecule has 0 unspecified atom stereocenters. The van der Waals surface area contributed by atoms with E-state index in [4.69, 9.17) is 10.5 Å². The number of ether oxygens (including phenoxy) is 1. The zero-order chi connectivity index (χ0) is 14.4. The molecule has 2 aromatic rings. The van der Waals surface area contributed by atoms with E-state index in [1.807, 2.05) is 31.2 Å². The van der Waals surface area contributed by atoms with Crippen LogP contribution in [-0.4, -0.2) is 16.6 Å². The predicted molar refractivity (Wildman–Crippen MR) is 80.7 cm³/mol. The van der Waals surface area contributed by atoms with Crippen molar-refractivity contribution < 1.29 is 4.74 Å². The molecule has 106 valence electrons. The van der Waals surface area contributed by atoms with Crippen LogP contribution in [0.1, 0.15) is 24.9 Å². The van der Waals surface area contributed by atoms with E-state index in [2.05, 4.69) is 22.2 Å². The molecule has 5 heteroatoms. The summed E-state index contributed by atoms with van der Waals surface area (Å²) in [5.41, 5.74) is 8.45. The lowest BCUT2D eigenvalue weighted by Crippen LogP contribution is -2.04. The molecule has 0 spiro atoms. The van der Waals surface area contributed by atoms with Gasteiger partial charge in [0, 0.05) is 18.0 Å². The SMILES string of the molecule is CCCOc1cc(NCc2ccnc(C)n2)ccc1N. The number of hydrogen-bond donors (Lipinski definition) is 2. The number of rotatable bonds is 6. The highest BCUT2D eigenvalue weighted by molar-refractivity contribution is 5.61. The molecule has 20 heavy (non-hydrogen) atoms. The van der Waals surface area contributed by atoms with Crippen molar-refractivity contribution in [3.05, 3.63) is 42.0 Å². The van der Waals surface area contributed by atoms with Crippen LogP contribution in [0, 0.1) is 6.92 Å². The van der Waals surface area contributed by atoms with Crippen molar-refractivity contribution in [2.24, 2.45) is 0 Å². The Kier molecular flexibility index (Phi) is 4.76. The first-order valence-corrected chi connectivity index (χ1v) is 6.73. The van der Waals surface area contributed by atoms with E-state index in [-0.39, 0.29) is 0 Å². The summed E-state index contributed by atoms with van der Waals surface area (Å²) in [5, 5.41) is 3.31. The molecule has 1 heterocycles. The molecule has 3 N–H and O–H groups in total. The molecule has 0 saturated carbocycles. The quantitative estimate of drug-likeness (QED) is 0.791. The van der Waals surface area contributed by atoms with E-state index in [1.54, 1.807) is 6.20 Å². The van der Waals surface area contributed by atoms with E-state index in [1.165, 1.54) is 0 Å². The highest BCUT2D eigenvalue weighted by Gasteiger charge is 2.03. The van der Waals surface area contributed by atoms with Crippen LogP contribution >= 0.6 is 0 Å². The molecule has 0 aliphatic carbocycles. The van der Waals surface area contributed by atoms with Crippen molar-refractivity contribution >= 4 is 11.4 Å². The van der Waals surface area contributed by atoms with Gasteiger partial charge in [-0.05, 0) is 31.5 Å². The zero-order valence-corrected chi connectivity index (χ0v) is 11.9. The molecule has 0 fully saturated rings. The van der Waals surface area contributed by atoms with E-state index < -0.39 is 0 Å². The monoisotopic (exact) mass is 272 g/mol. The first kappa shape index (κ1) is 14.1. The van der Waals surface area contributed by atoms with Crippen LogP contribution in [0.2, 0.25) is 0 Å². The van der Waals surface area contributed by atoms with Gasteiger partial charge in [-0.15, -0.1) is 0 Å². The van der Waals surface area contributed by atoms with Crippen LogP contribution in [0.15, 0.2) is 30.5 Å². The lowest BCUT2D eigenvalue weighted by Gasteiger charge is -2.11. The van der Waals surface area contributed by atoms with Crippen LogP contribution < -0.4 is 15.8 Å². The van der Waals surface area contributed by atoms with E-state index in [0.29, 0.717) is 18.8 Å². The molecule has 0 amide bonds. The summed E-state index contributed by atoms with van der Waals surface area (Å²) < 4.78 is 5.61. The van der Waals surface area contributed by atoms with E-state index in [0.717, 1.165) is 29.4 Å². The fourth-order valence-electron chi connectivity index (χ4n) is 1.78. The van der Waals surface area contributed by atoms with Crippen LogP contribution in [0.3, 0.4) is 0 Å². The number of nitrogen functional groups attached to an aromatic ring is 1. The van der Waals surface area contributed by atoms with Gasteiger partial charge in [0.05, 0.1) is 24.5 Å². The smallest absolute Gasteiger partial charge is 0.144 e. The number of benzene rings is 1. The second-order valence-electron chi connectivity index (χ2n) is 4.55. The molecule has 2 rings (SSSR count). The maximum atomic E-state index is 5.88. The van der Waals surface area contributed by atoms with Crippen LogP contribution in [0.5, 0.6) is 5.75 Å². The maximum Gasteiger partial charge on any atom is 0.144 e. The molecule has 0 aliphatic rings. The summed E-state index contributed by atoms with van der Waals surface area (Å²) in [5.74, 6) is 1.49. The van der Waals surface area contributed by atoms with Crippen LogP contribution in [0.25, 0.3) is 0 Å². The average molecular weight is 272 g/mol. The largest absolute Gasteiger partial charge is 0.491 e. The fourth-order valence-corrected chi connectivity index (χ4v) is 1.78. The summed E-state index contributed by atoms with van der Waals surface area (Å²) in [6, 6.07) is 7.59. The summed E-state index contributed by atoms with van der Waals surface area (Å²) >= 11 is 0. The Morgan fingerprint density at radius 1 is 1.30 bits per heavy atom. The Morgan fingerprint density at radius 2 is 2.15 bits per heavy atom. The molecule has 0 saturated heterocycles. The number of hydrogen-bond acceptors (Lipinski definition) is 5. The molecular weight excluding hydrogens is 252 g/mol. The van der Waals surface area contributed by atoms with Gasteiger partial charge in [-0.2, -0.15) is 0 Å². The minimum Gasteiger partial charge on any atom is -0.491 e. The van der Waals surface area contributed by atoms with Crippen molar-refractivity contribution in [3.63, 3.8) is 0 Å². The average Bonchev–Trinajstić information content (AvgIpc) is 2.45. The number of nitrogens with two attached hydrogens (primary N) is 1. The Bertz CT molecular complexity index is 572. The molecule has 0 aliphatic heterocycles. The number of nitrogens with zero attached hydrogens (tertiary/aromatic N) is 2. The molecule has 0 atom stereocenters. The van der Waals surface area contributed by atoms with Gasteiger partial charge in [0.2, 0.25) is 0 Å². The molecule has 5 nitrogen and oxygen atoms in total. The Morgan fingerprint density at radius 3 is 2.90 bits per heavy atom. The molecule has 1 aromatic heterocycles. The van der Waals surface area contributed by atoms with Gasteiger partial charge in [0.25, 0.3) is 0 Å². The fraction of sp³-hybridized carbons (Fsp3) is 0.333. The van der Waals surface area contributed by atoms with Gasteiger partial charge in [-0.3, -0.25) is 0 Å². The van der Waals surface area contributed by atoms with Crippen LogP contribution in [-0.2, 0) is 6.54 Å². The predicted octanol–water partition coefficient (Wildman–Crippen LogP) is 2.77. The van der Waals surface area contributed by atoms with Crippen molar-refractivity contribution in [2.75, 3.05) is 17.7 Å². The standard InChI is InChI=1S/C15H20N4O/c1-3-8-20-15-9-12(4-5-14(15)16)18-10-13-6-7-17-11(2)19-13/h4-7,9,18H,3,8,10,16H2,1-2H3. The molecule has 0 radical (unpaired) electrons. The zero-order valence-electron chi connectivity index (χ0n) is 11.9. The molecule has 0 bridgehead atoms. The highest BCUT2D eigenvalue weighted by atomic mass is 16.5. The van der Waals surface area contributed by atoms with Crippen molar-refractivity contribution in [2.45, 2.75) is 26.8 Å². The van der Waals surface area contributed by atoms with Gasteiger partial charge >= 0.3 is 0 Å². The molecule has 1 aromatic carbocycles. The van der Waals surface area contributed by atoms with Crippen molar-refractivity contribution in [1.29, 1.82) is 0 Å². The summed E-state index contributed by atoms with van der Waals surface area (Å²) in [6.45, 7) is 5.25. The second-order valence-corrected chi connectivity index (χ2v) is 4.55. The third-order valence-corrected chi connectivity index (χ3v) is 2.78. The first-order valence-electron chi connectivity index (χ1n) is 6.73. The van der Waals surface area contributed by atoms with Gasteiger partial charge in [-0.1, -0.05) is 6.92 Å². The van der Waals surface area contributed by atoms with E-state index >= 15 is 0 Å². The Balaban J connectivity index is 2.02. The van der Waals surface area contributed by atoms with Crippen molar-refractivity contribution in [3.8, 4) is 5.75 Å². The number of aryl methyl sites for hydroxylation is 1. The maximum absolute atomic E-state index is 5.88. The van der Waals surface area contributed by atoms with Gasteiger partial charge in [-0.25, -0.2) is 9.97 Å². The summed E-state index contributed by atoms with van der Waals surface area (Å²) in [4.78, 5) is 8.43. The number of aromatic nitrogens is 2. The summed E-state index contributed by atoms with van der Waals surface area (Å²) in [6.07, 6.45) is 2.72. The van der Waals surface area contributed by atoms with Gasteiger partial charge in [0.1, 0.15) is 11.6 Å². The van der Waals surface area contributed by atoms with Gasteiger partial charge in [0.15, 0.2) is 0 Å². The molecular formula is C15H20N4O. The lowest BCUT2D eigenvalue weighted by atomic mass is 10.2. The summed E-state index contributed by atoms with van der Waals surface area (Å²) in [7, 11) is 0.